The van der Waals surface area contributed by atoms with E-state index in [1.807, 2.05) is 0 Å². The van der Waals surface area contributed by atoms with E-state index in [-0.39, 0.29) is 11.6 Å². The fourth-order valence-corrected chi connectivity index (χ4v) is 1.75. The second-order valence-electron chi connectivity index (χ2n) is 4.13. The van der Waals surface area contributed by atoms with E-state index >= 15 is 0 Å². The fraction of sp³-hybridized carbons (Fsp3) is 0.462. The van der Waals surface area contributed by atoms with Crippen molar-refractivity contribution in [2.45, 2.75) is 32.1 Å². The molecule has 0 saturated heterocycles. The Kier molecular flexibility index (Phi) is 6.68. The normalized spacial score (nSPS) is 10.4. The molecule has 5 heteroatoms. The Morgan fingerprint density at radius 1 is 1.28 bits per heavy atom. The standard InChI is InChI=1S/C13H18ClFN2O/c14-10-6-7-12(11(15)9-10)17-13(18)5-3-1-2-4-8-16/h6-7,9H,1-5,8,16H2,(H,17,18). The first-order valence-electron chi connectivity index (χ1n) is 6.08. The molecule has 0 aliphatic heterocycles. The molecule has 18 heavy (non-hydrogen) atoms. The number of benzene rings is 1. The van der Waals surface area contributed by atoms with E-state index in [0.29, 0.717) is 18.0 Å². The van der Waals surface area contributed by atoms with Gasteiger partial charge in [0.15, 0.2) is 0 Å². The summed E-state index contributed by atoms with van der Waals surface area (Å²) in [4.78, 5) is 11.5. The van der Waals surface area contributed by atoms with Crippen LogP contribution in [0.25, 0.3) is 0 Å². The van der Waals surface area contributed by atoms with Crippen LogP contribution in [0.4, 0.5) is 10.1 Å². The number of nitrogens with one attached hydrogen (secondary N) is 1. The van der Waals surface area contributed by atoms with E-state index in [4.69, 9.17) is 17.3 Å². The molecule has 1 aromatic carbocycles. The Balaban J connectivity index is 2.31. The van der Waals surface area contributed by atoms with Gasteiger partial charge in [0.2, 0.25) is 5.91 Å². The molecule has 3 N–H and O–H groups in total. The molecule has 0 bridgehead atoms. The highest BCUT2D eigenvalue weighted by atomic mass is 35.5. The van der Waals surface area contributed by atoms with Crippen molar-refractivity contribution in [1.82, 2.24) is 0 Å². The number of hydrogen-bond donors (Lipinski definition) is 2. The molecule has 3 nitrogen and oxygen atoms in total. The quantitative estimate of drug-likeness (QED) is 0.748. The van der Waals surface area contributed by atoms with E-state index in [1.54, 1.807) is 6.07 Å². The number of halogens is 2. The molecule has 1 aromatic rings. The zero-order valence-corrected chi connectivity index (χ0v) is 11.0. The second-order valence-corrected chi connectivity index (χ2v) is 4.56. The molecular weight excluding hydrogens is 255 g/mol. The number of rotatable bonds is 7. The van der Waals surface area contributed by atoms with Gasteiger partial charge in [0.25, 0.3) is 0 Å². The summed E-state index contributed by atoms with van der Waals surface area (Å²) in [6, 6.07) is 4.18. The van der Waals surface area contributed by atoms with Gasteiger partial charge < -0.3 is 11.1 Å². The third-order valence-electron chi connectivity index (χ3n) is 2.56. The average molecular weight is 273 g/mol. The zero-order chi connectivity index (χ0) is 13.4. The third-order valence-corrected chi connectivity index (χ3v) is 2.80. The number of carbonyl (C=O) groups excluding carboxylic acids is 1. The van der Waals surface area contributed by atoms with Gasteiger partial charge in [-0.2, -0.15) is 0 Å². The smallest absolute Gasteiger partial charge is 0.224 e. The second kappa shape index (κ2) is 8.06. The van der Waals surface area contributed by atoms with Crippen LogP contribution < -0.4 is 11.1 Å². The van der Waals surface area contributed by atoms with E-state index in [2.05, 4.69) is 5.32 Å². The molecule has 0 fully saturated rings. The summed E-state index contributed by atoms with van der Waals surface area (Å²) in [5, 5.41) is 2.84. The van der Waals surface area contributed by atoms with Crippen LogP contribution in [-0.2, 0) is 4.79 Å². The summed E-state index contributed by atoms with van der Waals surface area (Å²) in [6.07, 6.45) is 4.16. The van der Waals surface area contributed by atoms with Crippen molar-refractivity contribution >= 4 is 23.2 Å². The van der Waals surface area contributed by atoms with Crippen LogP contribution in [0.5, 0.6) is 0 Å². The summed E-state index contributed by atoms with van der Waals surface area (Å²) in [6.45, 7) is 0.683. The number of anilines is 1. The van der Waals surface area contributed by atoms with Gasteiger partial charge in [-0.25, -0.2) is 4.39 Å². The van der Waals surface area contributed by atoms with Crippen LogP contribution in [0.2, 0.25) is 5.02 Å². The molecule has 0 unspecified atom stereocenters. The minimum Gasteiger partial charge on any atom is -0.330 e. The first-order chi connectivity index (χ1) is 8.63. The van der Waals surface area contributed by atoms with Crippen molar-refractivity contribution in [3.63, 3.8) is 0 Å². The number of amides is 1. The largest absolute Gasteiger partial charge is 0.330 e. The van der Waals surface area contributed by atoms with E-state index in [9.17, 15) is 9.18 Å². The molecule has 0 aromatic heterocycles. The Morgan fingerprint density at radius 3 is 2.67 bits per heavy atom. The number of nitrogens with two attached hydrogens (primary N) is 1. The van der Waals surface area contributed by atoms with Crippen molar-refractivity contribution in [3.8, 4) is 0 Å². The van der Waals surface area contributed by atoms with Crippen molar-refractivity contribution in [2.24, 2.45) is 5.73 Å². The molecule has 0 atom stereocenters. The molecule has 100 valence electrons. The van der Waals surface area contributed by atoms with E-state index in [0.717, 1.165) is 25.7 Å². The first kappa shape index (κ1) is 14.9. The van der Waals surface area contributed by atoms with Crippen LogP contribution in [0, 0.1) is 5.82 Å². The predicted octanol–water partition coefficient (Wildman–Crippen LogP) is 3.33. The van der Waals surface area contributed by atoms with Crippen LogP contribution in [0.15, 0.2) is 18.2 Å². The van der Waals surface area contributed by atoms with Crippen LogP contribution in [0.1, 0.15) is 32.1 Å². The molecule has 1 amide bonds. The highest BCUT2D eigenvalue weighted by molar-refractivity contribution is 6.30. The predicted molar refractivity (Wildman–Crippen MR) is 72.2 cm³/mol. The third kappa shape index (κ3) is 5.47. The monoisotopic (exact) mass is 272 g/mol. The topological polar surface area (TPSA) is 55.1 Å². The maximum Gasteiger partial charge on any atom is 0.224 e. The van der Waals surface area contributed by atoms with Crippen molar-refractivity contribution in [3.05, 3.63) is 29.0 Å². The van der Waals surface area contributed by atoms with E-state index < -0.39 is 5.82 Å². The van der Waals surface area contributed by atoms with Crippen molar-refractivity contribution in [2.75, 3.05) is 11.9 Å². The van der Waals surface area contributed by atoms with E-state index in [1.165, 1.54) is 12.1 Å². The fourth-order valence-electron chi connectivity index (χ4n) is 1.59. The SMILES string of the molecule is NCCCCCCC(=O)Nc1ccc(Cl)cc1F. The lowest BCUT2D eigenvalue weighted by molar-refractivity contribution is -0.116. The molecule has 0 saturated carbocycles. The molecular formula is C13H18ClFN2O. The van der Waals surface area contributed by atoms with Crippen molar-refractivity contribution < 1.29 is 9.18 Å². The summed E-state index contributed by atoms with van der Waals surface area (Å²) in [7, 11) is 0. The maximum absolute atomic E-state index is 13.4. The van der Waals surface area contributed by atoms with Gasteiger partial charge in [-0.05, 0) is 37.6 Å². The Bertz CT molecular complexity index is 399. The summed E-state index contributed by atoms with van der Waals surface area (Å²) >= 11 is 5.62. The summed E-state index contributed by atoms with van der Waals surface area (Å²) < 4.78 is 13.4. The lowest BCUT2D eigenvalue weighted by Gasteiger charge is -2.06. The molecule has 0 spiro atoms. The lowest BCUT2D eigenvalue weighted by atomic mass is 10.1. The van der Waals surface area contributed by atoms with Crippen LogP contribution in [0.3, 0.4) is 0 Å². The number of hydrogen-bond acceptors (Lipinski definition) is 2. The number of unbranched alkanes of at least 4 members (excludes halogenated alkanes) is 3. The molecule has 0 aliphatic rings. The molecule has 1 rings (SSSR count). The minimum absolute atomic E-state index is 0.173. The molecule has 0 radical (unpaired) electrons. The highest BCUT2D eigenvalue weighted by Gasteiger charge is 2.07. The molecule has 0 heterocycles. The van der Waals surface area contributed by atoms with Gasteiger partial charge in [0, 0.05) is 11.4 Å². The Labute approximate surface area is 112 Å². The average Bonchev–Trinajstić information content (AvgIpc) is 2.32. The maximum atomic E-state index is 13.4. The lowest BCUT2D eigenvalue weighted by Crippen LogP contribution is -2.12. The first-order valence-corrected chi connectivity index (χ1v) is 6.46. The van der Waals surface area contributed by atoms with Gasteiger partial charge in [0.05, 0.1) is 5.69 Å². The van der Waals surface area contributed by atoms with Gasteiger partial charge in [-0.3, -0.25) is 4.79 Å². The van der Waals surface area contributed by atoms with Crippen LogP contribution in [-0.4, -0.2) is 12.5 Å². The van der Waals surface area contributed by atoms with Gasteiger partial charge in [-0.15, -0.1) is 0 Å². The highest BCUT2D eigenvalue weighted by Crippen LogP contribution is 2.19. The van der Waals surface area contributed by atoms with Crippen molar-refractivity contribution in [1.29, 1.82) is 0 Å². The van der Waals surface area contributed by atoms with Gasteiger partial charge in [0.1, 0.15) is 5.82 Å². The summed E-state index contributed by atoms with van der Waals surface area (Å²) in [5.41, 5.74) is 5.54. The van der Waals surface area contributed by atoms with Gasteiger partial charge >= 0.3 is 0 Å². The van der Waals surface area contributed by atoms with Crippen LogP contribution >= 0.6 is 11.6 Å². The zero-order valence-electron chi connectivity index (χ0n) is 10.2. The summed E-state index contributed by atoms with van der Waals surface area (Å²) in [5.74, 6) is -0.692. The Hall–Kier alpha value is -1.13. The Morgan fingerprint density at radius 2 is 2.00 bits per heavy atom. The van der Waals surface area contributed by atoms with Gasteiger partial charge in [-0.1, -0.05) is 24.4 Å². The minimum atomic E-state index is -0.515. The number of carbonyl (C=O) groups is 1. The molecule has 0 aliphatic carbocycles.